The molecule has 1 amide bonds. The van der Waals surface area contributed by atoms with Crippen LogP contribution in [0.3, 0.4) is 0 Å². The molecule has 2 aromatic carbocycles. The molecule has 3 rings (SSSR count). The van der Waals surface area contributed by atoms with Gasteiger partial charge in [0.05, 0.1) is 0 Å². The standard InChI is InChI=1S/C23H27NO4/c1-14-11-21(28-13-22(25)26)16(3)20-12-17(9-10-19(14)20)15(2)23(27)24-18-7-5-4-6-8-18/h4-8,11,15,17H,9-10,12-13H2,1-3H3,(H,24,27)(H,25,26)/t15-,17+/m0/s1. The number of aliphatic carboxylic acids is 1. The maximum Gasteiger partial charge on any atom is 0.341 e. The van der Waals surface area contributed by atoms with Crippen LogP contribution in [0.15, 0.2) is 36.4 Å². The number of carboxylic acid groups (broad SMARTS) is 1. The van der Waals surface area contributed by atoms with Gasteiger partial charge in [-0.15, -0.1) is 0 Å². The number of rotatable bonds is 6. The number of carboxylic acids is 1. The molecule has 148 valence electrons. The molecule has 0 aliphatic heterocycles. The van der Waals surface area contributed by atoms with E-state index in [1.807, 2.05) is 57.2 Å². The minimum absolute atomic E-state index is 0.0345. The van der Waals surface area contributed by atoms with Crippen LogP contribution >= 0.6 is 0 Å². The molecule has 2 atom stereocenters. The van der Waals surface area contributed by atoms with Gasteiger partial charge in [0.1, 0.15) is 5.75 Å². The third kappa shape index (κ3) is 4.35. The number of aryl methyl sites for hydroxylation is 1. The average Bonchev–Trinajstić information content (AvgIpc) is 2.69. The number of hydrogen-bond acceptors (Lipinski definition) is 3. The normalized spacial score (nSPS) is 16.8. The van der Waals surface area contributed by atoms with E-state index in [1.165, 1.54) is 11.1 Å². The van der Waals surface area contributed by atoms with E-state index >= 15 is 0 Å². The zero-order valence-corrected chi connectivity index (χ0v) is 16.6. The van der Waals surface area contributed by atoms with E-state index in [0.717, 1.165) is 36.1 Å². The van der Waals surface area contributed by atoms with Crippen molar-refractivity contribution in [3.8, 4) is 5.75 Å². The van der Waals surface area contributed by atoms with Gasteiger partial charge in [-0.2, -0.15) is 0 Å². The smallest absolute Gasteiger partial charge is 0.341 e. The topological polar surface area (TPSA) is 75.6 Å². The Morgan fingerprint density at radius 1 is 1.21 bits per heavy atom. The number of amides is 1. The summed E-state index contributed by atoms with van der Waals surface area (Å²) in [6.07, 6.45) is 2.69. The highest BCUT2D eigenvalue weighted by Gasteiger charge is 2.30. The predicted molar refractivity (Wildman–Crippen MR) is 109 cm³/mol. The number of hydrogen-bond donors (Lipinski definition) is 2. The predicted octanol–water partition coefficient (Wildman–Crippen LogP) is 4.15. The van der Waals surface area contributed by atoms with Crippen molar-refractivity contribution < 1.29 is 19.4 Å². The van der Waals surface area contributed by atoms with Crippen molar-refractivity contribution >= 4 is 17.6 Å². The Labute approximate surface area is 165 Å². The minimum atomic E-state index is -0.987. The Morgan fingerprint density at radius 3 is 2.61 bits per heavy atom. The Hall–Kier alpha value is -2.82. The lowest BCUT2D eigenvalue weighted by molar-refractivity contribution is -0.139. The van der Waals surface area contributed by atoms with E-state index < -0.39 is 5.97 Å². The molecule has 2 aromatic rings. The van der Waals surface area contributed by atoms with Gasteiger partial charge in [0.2, 0.25) is 5.91 Å². The molecule has 28 heavy (non-hydrogen) atoms. The molecule has 0 saturated carbocycles. The first-order chi connectivity index (χ1) is 13.4. The second-order valence-electron chi connectivity index (χ2n) is 7.60. The van der Waals surface area contributed by atoms with Crippen LogP contribution in [0.2, 0.25) is 0 Å². The maximum absolute atomic E-state index is 12.7. The van der Waals surface area contributed by atoms with Crippen molar-refractivity contribution in [1.82, 2.24) is 0 Å². The number of fused-ring (bicyclic) bond motifs is 1. The van der Waals surface area contributed by atoms with Crippen LogP contribution in [-0.2, 0) is 22.4 Å². The second kappa shape index (κ2) is 8.46. The monoisotopic (exact) mass is 381 g/mol. The zero-order chi connectivity index (χ0) is 20.3. The molecular formula is C23H27NO4. The lowest BCUT2D eigenvalue weighted by Crippen LogP contribution is -2.31. The first kappa shape index (κ1) is 19.9. The fourth-order valence-corrected chi connectivity index (χ4v) is 4.03. The van der Waals surface area contributed by atoms with Crippen LogP contribution in [0.5, 0.6) is 5.75 Å². The van der Waals surface area contributed by atoms with Crippen molar-refractivity contribution in [2.45, 2.75) is 40.0 Å². The van der Waals surface area contributed by atoms with E-state index in [-0.39, 0.29) is 24.3 Å². The molecule has 0 spiro atoms. The molecule has 0 saturated heterocycles. The number of carbonyl (C=O) groups excluding carboxylic acids is 1. The fourth-order valence-electron chi connectivity index (χ4n) is 4.03. The summed E-state index contributed by atoms with van der Waals surface area (Å²) >= 11 is 0. The summed E-state index contributed by atoms with van der Waals surface area (Å²) in [5.74, 6) is -0.201. The summed E-state index contributed by atoms with van der Waals surface area (Å²) in [7, 11) is 0. The Balaban J connectivity index is 1.77. The first-order valence-corrected chi connectivity index (χ1v) is 9.69. The summed E-state index contributed by atoms with van der Waals surface area (Å²) in [4.78, 5) is 23.6. The van der Waals surface area contributed by atoms with Crippen LogP contribution < -0.4 is 10.1 Å². The van der Waals surface area contributed by atoms with Gasteiger partial charge in [-0.1, -0.05) is 25.1 Å². The first-order valence-electron chi connectivity index (χ1n) is 9.69. The highest BCUT2D eigenvalue weighted by atomic mass is 16.5. The van der Waals surface area contributed by atoms with E-state index in [1.54, 1.807) is 0 Å². The lowest BCUT2D eigenvalue weighted by atomic mass is 9.74. The lowest BCUT2D eigenvalue weighted by Gasteiger charge is -2.31. The molecule has 5 heteroatoms. The van der Waals surface area contributed by atoms with Crippen molar-refractivity contribution in [3.05, 3.63) is 58.7 Å². The molecule has 0 heterocycles. The van der Waals surface area contributed by atoms with Gasteiger partial charge < -0.3 is 15.2 Å². The van der Waals surface area contributed by atoms with Gasteiger partial charge in [-0.05, 0) is 79.5 Å². The van der Waals surface area contributed by atoms with Crippen LogP contribution in [0.1, 0.15) is 35.6 Å². The van der Waals surface area contributed by atoms with Crippen LogP contribution in [0, 0.1) is 25.7 Å². The largest absolute Gasteiger partial charge is 0.482 e. The number of nitrogens with one attached hydrogen (secondary N) is 1. The van der Waals surface area contributed by atoms with E-state index in [2.05, 4.69) is 5.32 Å². The summed E-state index contributed by atoms with van der Waals surface area (Å²) < 4.78 is 5.49. The SMILES string of the molecule is Cc1cc(OCC(=O)O)c(C)c2c1CC[C@@H]([C@H](C)C(=O)Nc1ccccc1)C2. The Morgan fingerprint density at radius 2 is 1.93 bits per heavy atom. The van der Waals surface area contributed by atoms with Crippen LogP contribution in [-0.4, -0.2) is 23.6 Å². The molecule has 5 nitrogen and oxygen atoms in total. The van der Waals surface area contributed by atoms with Crippen LogP contribution in [0.25, 0.3) is 0 Å². The quantitative estimate of drug-likeness (QED) is 0.788. The van der Waals surface area contributed by atoms with Gasteiger partial charge in [-0.25, -0.2) is 4.79 Å². The average molecular weight is 381 g/mol. The fraction of sp³-hybridized carbons (Fsp3) is 0.391. The van der Waals surface area contributed by atoms with Crippen molar-refractivity contribution in [1.29, 1.82) is 0 Å². The highest BCUT2D eigenvalue weighted by Crippen LogP contribution is 2.38. The number of para-hydroxylation sites is 1. The molecule has 0 bridgehead atoms. The second-order valence-corrected chi connectivity index (χ2v) is 7.60. The molecule has 0 aromatic heterocycles. The molecular weight excluding hydrogens is 354 g/mol. The zero-order valence-electron chi connectivity index (χ0n) is 16.6. The summed E-state index contributed by atoms with van der Waals surface area (Å²) in [5.41, 5.74) is 5.44. The van der Waals surface area contributed by atoms with Gasteiger partial charge in [-0.3, -0.25) is 4.79 Å². The molecule has 0 radical (unpaired) electrons. The summed E-state index contributed by atoms with van der Waals surface area (Å²) in [5, 5.41) is 11.9. The molecule has 0 unspecified atom stereocenters. The van der Waals surface area contributed by atoms with Gasteiger partial charge >= 0.3 is 5.97 Å². The third-order valence-corrected chi connectivity index (χ3v) is 5.75. The number of ether oxygens (including phenoxy) is 1. The summed E-state index contributed by atoms with van der Waals surface area (Å²) in [6.45, 7) is 5.66. The highest BCUT2D eigenvalue weighted by molar-refractivity contribution is 5.92. The van der Waals surface area contributed by atoms with Crippen molar-refractivity contribution in [2.75, 3.05) is 11.9 Å². The molecule has 2 N–H and O–H groups in total. The summed E-state index contributed by atoms with van der Waals surface area (Å²) in [6, 6.07) is 11.4. The number of anilines is 1. The molecule has 1 aliphatic rings. The minimum Gasteiger partial charge on any atom is -0.482 e. The van der Waals surface area contributed by atoms with Gasteiger partial charge in [0, 0.05) is 11.6 Å². The van der Waals surface area contributed by atoms with E-state index in [9.17, 15) is 9.59 Å². The maximum atomic E-state index is 12.7. The molecule has 0 fully saturated rings. The van der Waals surface area contributed by atoms with E-state index in [4.69, 9.17) is 9.84 Å². The molecule has 1 aliphatic carbocycles. The number of carbonyl (C=O) groups is 2. The Bertz CT molecular complexity index is 876. The third-order valence-electron chi connectivity index (χ3n) is 5.75. The number of benzene rings is 2. The van der Waals surface area contributed by atoms with Crippen molar-refractivity contribution in [2.24, 2.45) is 11.8 Å². The Kier molecular flexibility index (Phi) is 6.02. The van der Waals surface area contributed by atoms with Gasteiger partial charge in [0.25, 0.3) is 0 Å². The van der Waals surface area contributed by atoms with E-state index in [0.29, 0.717) is 5.75 Å². The van der Waals surface area contributed by atoms with Crippen molar-refractivity contribution in [3.63, 3.8) is 0 Å². The van der Waals surface area contributed by atoms with Crippen LogP contribution in [0.4, 0.5) is 5.69 Å². The van der Waals surface area contributed by atoms with Gasteiger partial charge in [0.15, 0.2) is 6.61 Å².